The third-order valence-corrected chi connectivity index (χ3v) is 3.92. The third kappa shape index (κ3) is 2.58. The van der Waals surface area contributed by atoms with Gasteiger partial charge in [-0.25, -0.2) is 9.78 Å². The number of ether oxygens (including phenoxy) is 1. The summed E-state index contributed by atoms with van der Waals surface area (Å²) >= 11 is 0. The fraction of sp³-hybridized carbons (Fsp3) is 0.467. The summed E-state index contributed by atoms with van der Waals surface area (Å²) in [6.45, 7) is 2.72. The SMILES string of the molecule is COc1cccc2c(C(=O)O)nc(CN3CCCCC3)n12. The molecule has 0 spiro atoms. The summed E-state index contributed by atoms with van der Waals surface area (Å²) in [5, 5.41) is 9.34. The van der Waals surface area contributed by atoms with Crippen LogP contribution in [-0.2, 0) is 6.54 Å². The van der Waals surface area contributed by atoms with Crippen LogP contribution in [-0.4, -0.2) is 45.6 Å². The molecule has 0 aromatic carbocycles. The van der Waals surface area contributed by atoms with E-state index in [0.29, 0.717) is 17.9 Å². The largest absolute Gasteiger partial charge is 0.482 e. The minimum atomic E-state index is -1.01. The third-order valence-electron chi connectivity index (χ3n) is 3.92. The van der Waals surface area contributed by atoms with Crippen molar-refractivity contribution in [3.8, 4) is 5.88 Å². The molecule has 0 saturated carbocycles. The molecule has 2 aromatic heterocycles. The number of aromatic carboxylic acids is 1. The van der Waals surface area contributed by atoms with Crippen molar-refractivity contribution in [2.24, 2.45) is 0 Å². The fourth-order valence-corrected chi connectivity index (χ4v) is 2.92. The lowest BCUT2D eigenvalue weighted by Crippen LogP contribution is -2.30. The molecule has 3 rings (SSSR count). The number of fused-ring (bicyclic) bond motifs is 1. The average Bonchev–Trinajstić information content (AvgIpc) is 2.87. The average molecular weight is 289 g/mol. The summed E-state index contributed by atoms with van der Waals surface area (Å²) in [6, 6.07) is 5.37. The number of carbonyl (C=O) groups is 1. The molecule has 1 aliphatic heterocycles. The van der Waals surface area contributed by atoms with Crippen LogP contribution >= 0.6 is 0 Å². The van der Waals surface area contributed by atoms with Gasteiger partial charge in [0, 0.05) is 0 Å². The van der Waals surface area contributed by atoms with Gasteiger partial charge in [0.15, 0.2) is 11.6 Å². The smallest absolute Gasteiger partial charge is 0.356 e. The number of piperidine rings is 1. The van der Waals surface area contributed by atoms with Crippen molar-refractivity contribution in [1.29, 1.82) is 0 Å². The highest BCUT2D eigenvalue weighted by molar-refractivity contribution is 5.93. The highest BCUT2D eigenvalue weighted by Crippen LogP contribution is 2.22. The molecule has 112 valence electrons. The van der Waals surface area contributed by atoms with Crippen LogP contribution in [0.3, 0.4) is 0 Å². The first-order valence-electron chi connectivity index (χ1n) is 7.20. The van der Waals surface area contributed by atoms with Crippen molar-refractivity contribution in [2.45, 2.75) is 25.8 Å². The highest BCUT2D eigenvalue weighted by atomic mass is 16.5. The van der Waals surface area contributed by atoms with Crippen LogP contribution in [0.25, 0.3) is 5.52 Å². The number of carboxylic acids is 1. The van der Waals surface area contributed by atoms with Crippen molar-refractivity contribution in [2.75, 3.05) is 20.2 Å². The van der Waals surface area contributed by atoms with Crippen molar-refractivity contribution in [1.82, 2.24) is 14.3 Å². The minimum absolute atomic E-state index is 0.0842. The maximum atomic E-state index is 11.4. The molecule has 21 heavy (non-hydrogen) atoms. The van der Waals surface area contributed by atoms with Gasteiger partial charge in [0.1, 0.15) is 5.82 Å². The van der Waals surface area contributed by atoms with Gasteiger partial charge in [0.25, 0.3) is 0 Å². The summed E-state index contributed by atoms with van der Waals surface area (Å²) < 4.78 is 7.17. The maximum Gasteiger partial charge on any atom is 0.356 e. The highest BCUT2D eigenvalue weighted by Gasteiger charge is 2.21. The van der Waals surface area contributed by atoms with E-state index in [-0.39, 0.29) is 5.69 Å². The van der Waals surface area contributed by atoms with Gasteiger partial charge in [-0.05, 0) is 38.1 Å². The Bertz CT molecular complexity index is 659. The molecule has 6 nitrogen and oxygen atoms in total. The molecule has 0 unspecified atom stereocenters. The molecule has 1 aliphatic rings. The first-order chi connectivity index (χ1) is 10.2. The number of pyridine rings is 1. The lowest BCUT2D eigenvalue weighted by atomic mass is 10.1. The van der Waals surface area contributed by atoms with E-state index < -0.39 is 5.97 Å². The summed E-state index contributed by atoms with van der Waals surface area (Å²) in [7, 11) is 1.58. The molecule has 0 radical (unpaired) electrons. The van der Waals surface area contributed by atoms with Crippen LogP contribution in [0, 0.1) is 0 Å². The number of methoxy groups -OCH3 is 1. The summed E-state index contributed by atoms with van der Waals surface area (Å²) in [5.74, 6) is 0.326. The van der Waals surface area contributed by atoms with Crippen molar-refractivity contribution >= 4 is 11.5 Å². The lowest BCUT2D eigenvalue weighted by molar-refractivity contribution is 0.0693. The number of rotatable bonds is 4. The van der Waals surface area contributed by atoms with Crippen LogP contribution in [0.5, 0.6) is 5.88 Å². The van der Waals surface area contributed by atoms with Gasteiger partial charge in [0.05, 0.1) is 19.2 Å². The summed E-state index contributed by atoms with van der Waals surface area (Å²) in [5.41, 5.74) is 0.662. The molecule has 0 amide bonds. The van der Waals surface area contributed by atoms with E-state index in [1.165, 1.54) is 19.3 Å². The Labute approximate surface area is 123 Å². The zero-order chi connectivity index (χ0) is 14.8. The van der Waals surface area contributed by atoms with Crippen molar-refractivity contribution in [3.05, 3.63) is 29.7 Å². The number of hydrogen-bond donors (Lipinski definition) is 1. The van der Waals surface area contributed by atoms with E-state index in [1.54, 1.807) is 23.6 Å². The van der Waals surface area contributed by atoms with Gasteiger partial charge in [-0.3, -0.25) is 9.30 Å². The van der Waals surface area contributed by atoms with Crippen molar-refractivity contribution < 1.29 is 14.6 Å². The Kier molecular flexibility index (Phi) is 3.79. The minimum Gasteiger partial charge on any atom is -0.482 e. The Morgan fingerprint density at radius 2 is 2.10 bits per heavy atom. The van der Waals surface area contributed by atoms with Gasteiger partial charge < -0.3 is 9.84 Å². The summed E-state index contributed by atoms with van der Waals surface area (Å²) in [4.78, 5) is 18.0. The van der Waals surface area contributed by atoms with Crippen LogP contribution < -0.4 is 4.74 Å². The molecule has 0 aliphatic carbocycles. The summed E-state index contributed by atoms with van der Waals surface area (Å²) in [6.07, 6.45) is 3.64. The van der Waals surface area contributed by atoms with Crippen LogP contribution in [0.15, 0.2) is 18.2 Å². The molecular weight excluding hydrogens is 270 g/mol. The number of hydrogen-bond acceptors (Lipinski definition) is 4. The van der Waals surface area contributed by atoms with Crippen molar-refractivity contribution in [3.63, 3.8) is 0 Å². The second-order valence-electron chi connectivity index (χ2n) is 5.31. The topological polar surface area (TPSA) is 67.1 Å². The Morgan fingerprint density at radius 3 is 2.76 bits per heavy atom. The van der Waals surface area contributed by atoms with Crippen LogP contribution in [0.2, 0.25) is 0 Å². The number of carboxylic acid groups (broad SMARTS) is 1. The first-order valence-corrected chi connectivity index (χ1v) is 7.20. The molecule has 1 saturated heterocycles. The number of nitrogens with zero attached hydrogens (tertiary/aromatic N) is 3. The number of imidazole rings is 1. The van der Waals surface area contributed by atoms with Gasteiger partial charge in [-0.2, -0.15) is 0 Å². The zero-order valence-electron chi connectivity index (χ0n) is 12.1. The molecule has 6 heteroatoms. The standard InChI is InChI=1S/C15H19N3O3/c1-21-13-7-5-6-11-14(15(19)20)16-12(18(11)13)10-17-8-3-2-4-9-17/h5-7H,2-4,8-10H2,1H3,(H,19,20). The molecule has 0 bridgehead atoms. The van der Waals surface area contributed by atoms with Gasteiger partial charge in [-0.1, -0.05) is 12.5 Å². The Hall–Kier alpha value is -2.08. The van der Waals surface area contributed by atoms with Crippen LogP contribution in [0.4, 0.5) is 0 Å². The lowest BCUT2D eigenvalue weighted by Gasteiger charge is -2.25. The van der Waals surface area contributed by atoms with E-state index in [4.69, 9.17) is 4.74 Å². The normalized spacial score (nSPS) is 16.2. The van der Waals surface area contributed by atoms with E-state index >= 15 is 0 Å². The monoisotopic (exact) mass is 289 g/mol. The quantitative estimate of drug-likeness (QED) is 0.932. The predicted octanol–water partition coefficient (Wildman–Crippen LogP) is 2.03. The Balaban J connectivity index is 2.05. The number of aromatic nitrogens is 2. The van der Waals surface area contributed by atoms with E-state index in [9.17, 15) is 9.90 Å². The van der Waals surface area contributed by atoms with E-state index in [0.717, 1.165) is 18.9 Å². The number of likely N-dealkylation sites (tertiary alicyclic amines) is 1. The molecule has 1 N–H and O–H groups in total. The zero-order valence-corrected chi connectivity index (χ0v) is 12.1. The van der Waals surface area contributed by atoms with E-state index in [1.807, 2.05) is 6.07 Å². The second-order valence-corrected chi connectivity index (χ2v) is 5.31. The second kappa shape index (κ2) is 5.73. The van der Waals surface area contributed by atoms with Gasteiger partial charge in [0.2, 0.25) is 0 Å². The molecule has 0 atom stereocenters. The van der Waals surface area contributed by atoms with E-state index in [2.05, 4.69) is 9.88 Å². The molecule has 2 aromatic rings. The van der Waals surface area contributed by atoms with Crippen LogP contribution in [0.1, 0.15) is 35.6 Å². The molecular formula is C15H19N3O3. The predicted molar refractivity (Wildman–Crippen MR) is 77.8 cm³/mol. The molecule has 1 fully saturated rings. The van der Waals surface area contributed by atoms with Gasteiger partial charge in [-0.15, -0.1) is 0 Å². The van der Waals surface area contributed by atoms with Gasteiger partial charge >= 0.3 is 5.97 Å². The first kappa shape index (κ1) is 13.9. The maximum absolute atomic E-state index is 11.4. The fourth-order valence-electron chi connectivity index (χ4n) is 2.92. The molecule has 3 heterocycles. The Morgan fingerprint density at radius 1 is 1.33 bits per heavy atom.